The van der Waals surface area contributed by atoms with Gasteiger partial charge in [-0.05, 0) is 0 Å². The molecule has 0 saturated carbocycles. The minimum absolute atomic E-state index is 0. The van der Waals surface area contributed by atoms with Crippen molar-refractivity contribution in [3.8, 4) is 0 Å². The molecule has 0 fully saturated rings. The third kappa shape index (κ3) is 18.9. The number of hydrogen-bond acceptors (Lipinski definition) is 0. The summed E-state index contributed by atoms with van der Waals surface area (Å²) in [4.78, 5) is 0. The zero-order valence-electron chi connectivity index (χ0n) is 4.21. The van der Waals surface area contributed by atoms with Gasteiger partial charge in [0.1, 0.15) is 0 Å². The molecule has 0 unspecified atom stereocenters. The standard InChI is InChI=1S/C4H9.Cd.ClH/c1-3-4-2;;/h1,3-4H2,2H3;;1H/q-1;+2;/p-1. The average Bonchev–Trinajstić information content (AvgIpc) is 1.37. The SMILES string of the molecule is [CH2-]CCC.[Cd+2].[Cl-]. The van der Waals surface area contributed by atoms with E-state index in [1.807, 2.05) is 0 Å². The summed E-state index contributed by atoms with van der Waals surface area (Å²) >= 11 is 0. The molecule has 0 atom stereocenters. The van der Waals surface area contributed by atoms with E-state index in [9.17, 15) is 0 Å². The van der Waals surface area contributed by atoms with E-state index in [-0.39, 0.29) is 39.7 Å². The molecule has 0 amide bonds. The third-order valence-electron chi connectivity index (χ3n) is 0.354. The van der Waals surface area contributed by atoms with Gasteiger partial charge >= 0.3 is 27.3 Å². The van der Waals surface area contributed by atoms with Crippen molar-refractivity contribution >= 4 is 0 Å². The van der Waals surface area contributed by atoms with Crippen molar-refractivity contribution in [1.82, 2.24) is 0 Å². The van der Waals surface area contributed by atoms with E-state index in [1.54, 1.807) is 0 Å². The topological polar surface area (TPSA) is 0 Å². The summed E-state index contributed by atoms with van der Waals surface area (Å²) in [6, 6.07) is 0. The predicted octanol–water partition coefficient (Wildman–Crippen LogP) is -1.38. The van der Waals surface area contributed by atoms with Gasteiger partial charge in [-0.2, -0.15) is 6.42 Å². The summed E-state index contributed by atoms with van der Waals surface area (Å²) in [6.45, 7) is 5.72. The van der Waals surface area contributed by atoms with Crippen molar-refractivity contribution in [2.24, 2.45) is 0 Å². The van der Waals surface area contributed by atoms with Crippen molar-refractivity contribution in [2.45, 2.75) is 19.8 Å². The van der Waals surface area contributed by atoms with Crippen LogP contribution >= 0.6 is 0 Å². The molecule has 0 N–H and O–H groups in total. The summed E-state index contributed by atoms with van der Waals surface area (Å²) in [5.41, 5.74) is 0. The van der Waals surface area contributed by atoms with Crippen molar-refractivity contribution in [1.29, 1.82) is 0 Å². The van der Waals surface area contributed by atoms with Gasteiger partial charge in [-0.25, -0.2) is 0 Å². The van der Waals surface area contributed by atoms with Crippen LogP contribution in [-0.2, 0) is 27.3 Å². The van der Waals surface area contributed by atoms with Gasteiger partial charge < -0.3 is 19.3 Å². The van der Waals surface area contributed by atoms with Gasteiger partial charge in [0.15, 0.2) is 0 Å². The van der Waals surface area contributed by atoms with Gasteiger partial charge in [0, 0.05) is 0 Å². The fraction of sp³-hybridized carbons (Fsp3) is 0.750. The molecule has 0 aromatic carbocycles. The fourth-order valence-corrected chi connectivity index (χ4v) is 0. The quantitative estimate of drug-likeness (QED) is 0.365. The van der Waals surface area contributed by atoms with Crippen molar-refractivity contribution in [3.05, 3.63) is 6.92 Å². The maximum atomic E-state index is 3.60. The van der Waals surface area contributed by atoms with Crippen LogP contribution in [-0.4, -0.2) is 0 Å². The van der Waals surface area contributed by atoms with Crippen LogP contribution < -0.4 is 12.4 Å². The van der Waals surface area contributed by atoms with Crippen molar-refractivity contribution < 1.29 is 39.7 Å². The zero-order valence-corrected chi connectivity index (χ0v) is 9.00. The molecule has 0 heterocycles. The smallest absolute Gasteiger partial charge is 1.00 e. The van der Waals surface area contributed by atoms with Crippen LogP contribution in [0.3, 0.4) is 0 Å². The summed E-state index contributed by atoms with van der Waals surface area (Å²) in [5, 5.41) is 0. The molecule has 0 bridgehead atoms. The van der Waals surface area contributed by atoms with E-state index in [0.29, 0.717) is 0 Å². The molecule has 0 nitrogen and oxygen atoms in total. The molecule has 0 aromatic rings. The van der Waals surface area contributed by atoms with Gasteiger partial charge in [-0.3, -0.25) is 0 Å². The Labute approximate surface area is 66.3 Å². The predicted molar refractivity (Wildman–Crippen MR) is 20.3 cm³/mol. The monoisotopic (exact) mass is 206 g/mol. The van der Waals surface area contributed by atoms with Crippen molar-refractivity contribution in [3.63, 3.8) is 0 Å². The number of rotatable bonds is 1. The molecule has 0 rings (SSSR count). The second kappa shape index (κ2) is 16.4. The van der Waals surface area contributed by atoms with E-state index in [4.69, 9.17) is 0 Å². The maximum absolute atomic E-state index is 3.60. The first-order valence-corrected chi connectivity index (χ1v) is 1.71. The van der Waals surface area contributed by atoms with Gasteiger partial charge in [-0.15, -0.1) is 0 Å². The van der Waals surface area contributed by atoms with E-state index >= 15 is 0 Å². The minimum Gasteiger partial charge on any atom is -1.00 e. The Morgan fingerprint density at radius 3 is 1.67 bits per heavy atom. The largest absolute Gasteiger partial charge is 2.00 e. The van der Waals surface area contributed by atoms with E-state index < -0.39 is 0 Å². The second-order valence-electron chi connectivity index (χ2n) is 0.854. The Kier molecular flexibility index (Phi) is 42.8. The molecule has 0 radical (unpaired) electrons. The first-order valence-electron chi connectivity index (χ1n) is 1.71. The Morgan fingerprint density at radius 1 is 1.50 bits per heavy atom. The molecular formula is C4H9CdCl. The minimum atomic E-state index is 0. The number of unbranched alkanes of at least 4 members (excludes halogenated alkanes) is 1. The summed E-state index contributed by atoms with van der Waals surface area (Å²) in [7, 11) is 0. The van der Waals surface area contributed by atoms with E-state index in [0.717, 1.165) is 6.42 Å². The summed E-state index contributed by atoms with van der Waals surface area (Å²) < 4.78 is 0. The van der Waals surface area contributed by atoms with Gasteiger partial charge in [0.05, 0.1) is 0 Å². The maximum Gasteiger partial charge on any atom is 2.00 e. The number of halogens is 1. The van der Waals surface area contributed by atoms with Crippen LogP contribution in [0.5, 0.6) is 0 Å². The summed E-state index contributed by atoms with van der Waals surface area (Å²) in [6.07, 6.45) is 2.28. The second-order valence-corrected chi connectivity index (χ2v) is 0.854. The molecule has 0 aliphatic heterocycles. The summed E-state index contributed by atoms with van der Waals surface area (Å²) in [5.74, 6) is 0. The Balaban J connectivity index is -0.0000000450. The Morgan fingerprint density at radius 2 is 1.67 bits per heavy atom. The molecule has 0 saturated heterocycles. The third-order valence-corrected chi connectivity index (χ3v) is 0.354. The average molecular weight is 205 g/mol. The fourth-order valence-electron chi connectivity index (χ4n) is 0. The van der Waals surface area contributed by atoms with Crippen LogP contribution in [0.25, 0.3) is 0 Å². The Bertz CT molecular complexity index is 9.51. The molecule has 2 heteroatoms. The van der Waals surface area contributed by atoms with Crippen LogP contribution in [0, 0.1) is 6.92 Å². The Hall–Kier alpha value is 1.21. The molecule has 34 valence electrons. The van der Waals surface area contributed by atoms with Gasteiger partial charge in [-0.1, -0.05) is 13.3 Å². The van der Waals surface area contributed by atoms with E-state index in [1.165, 1.54) is 6.42 Å². The molecule has 6 heavy (non-hydrogen) atoms. The molecular weight excluding hydrogens is 196 g/mol. The molecule has 0 aliphatic carbocycles. The van der Waals surface area contributed by atoms with Crippen molar-refractivity contribution in [2.75, 3.05) is 0 Å². The molecule has 0 spiro atoms. The van der Waals surface area contributed by atoms with Crippen LogP contribution in [0.15, 0.2) is 0 Å². The number of hydrogen-bond donors (Lipinski definition) is 0. The normalized spacial score (nSPS) is 5.00. The first-order chi connectivity index (χ1) is 1.91. The molecule has 0 aliphatic rings. The van der Waals surface area contributed by atoms with Gasteiger partial charge in [0.25, 0.3) is 0 Å². The zero-order chi connectivity index (χ0) is 3.41. The van der Waals surface area contributed by atoms with Crippen LogP contribution in [0.4, 0.5) is 0 Å². The van der Waals surface area contributed by atoms with Gasteiger partial charge in [0.2, 0.25) is 0 Å². The van der Waals surface area contributed by atoms with Crippen LogP contribution in [0.2, 0.25) is 0 Å². The molecule has 0 aromatic heterocycles. The van der Waals surface area contributed by atoms with Crippen LogP contribution in [0.1, 0.15) is 19.8 Å². The first kappa shape index (κ1) is 15.7. The van der Waals surface area contributed by atoms with E-state index in [2.05, 4.69) is 13.8 Å².